The summed E-state index contributed by atoms with van der Waals surface area (Å²) in [5.74, 6) is -0.603. The normalized spacial score (nSPS) is 11.1. The van der Waals surface area contributed by atoms with Crippen molar-refractivity contribution in [2.45, 2.75) is 12.7 Å². The molecule has 0 bridgehead atoms. The molecule has 0 aliphatic rings. The number of amides is 1. The number of pyridine rings is 1. The molecular weight excluding hydrogens is 333 g/mol. The molecule has 0 radical (unpaired) electrons. The number of halogens is 4. The third-order valence-corrected chi connectivity index (χ3v) is 2.96. The second-order valence-corrected chi connectivity index (χ2v) is 5.04. The summed E-state index contributed by atoms with van der Waals surface area (Å²) >= 11 is 5.84. The molecule has 0 fully saturated rings. The van der Waals surface area contributed by atoms with Crippen molar-refractivity contribution in [3.63, 3.8) is 0 Å². The molecule has 2 rings (SSSR count). The van der Waals surface area contributed by atoms with Crippen LogP contribution in [0, 0.1) is 0 Å². The van der Waals surface area contributed by atoms with Gasteiger partial charge in [-0.25, -0.2) is 4.98 Å². The van der Waals surface area contributed by atoms with Crippen LogP contribution in [0.3, 0.4) is 0 Å². The van der Waals surface area contributed by atoms with Gasteiger partial charge in [-0.15, -0.1) is 0 Å². The zero-order valence-electron chi connectivity index (χ0n) is 11.7. The first kappa shape index (κ1) is 17.1. The van der Waals surface area contributed by atoms with Crippen LogP contribution in [0.5, 0.6) is 5.88 Å². The van der Waals surface area contributed by atoms with Crippen LogP contribution in [0.15, 0.2) is 42.6 Å². The molecule has 0 aliphatic heterocycles. The van der Waals surface area contributed by atoms with Crippen molar-refractivity contribution < 1.29 is 22.7 Å². The Kier molecular flexibility index (Phi) is 5.44. The molecule has 0 saturated heterocycles. The highest BCUT2D eigenvalue weighted by molar-refractivity contribution is 6.30. The zero-order chi connectivity index (χ0) is 16.9. The largest absolute Gasteiger partial charge is 0.468 e. The van der Waals surface area contributed by atoms with Gasteiger partial charge in [0.2, 0.25) is 5.88 Å². The van der Waals surface area contributed by atoms with Crippen molar-refractivity contribution in [1.29, 1.82) is 0 Å². The number of nitrogens with one attached hydrogen (secondary N) is 1. The lowest BCUT2D eigenvalue weighted by atomic mass is 10.2. The molecule has 1 aromatic carbocycles. The van der Waals surface area contributed by atoms with Crippen molar-refractivity contribution >= 4 is 17.5 Å². The fourth-order valence-corrected chi connectivity index (χ4v) is 1.90. The molecule has 0 unspecified atom stereocenters. The molecule has 8 heteroatoms. The minimum Gasteiger partial charge on any atom is -0.468 e. The number of hydrogen-bond acceptors (Lipinski definition) is 3. The Morgan fingerprint density at radius 2 is 2.04 bits per heavy atom. The van der Waals surface area contributed by atoms with Gasteiger partial charge < -0.3 is 10.1 Å². The van der Waals surface area contributed by atoms with Crippen LogP contribution in [0.25, 0.3) is 0 Å². The molecular formula is C15H12ClF3N2O2. The van der Waals surface area contributed by atoms with Crippen LogP contribution >= 0.6 is 11.6 Å². The van der Waals surface area contributed by atoms with E-state index in [0.717, 1.165) is 11.8 Å². The Balaban J connectivity index is 1.90. The zero-order valence-corrected chi connectivity index (χ0v) is 12.5. The molecule has 0 saturated carbocycles. The Labute approximate surface area is 135 Å². The number of aromatic nitrogens is 1. The summed E-state index contributed by atoms with van der Waals surface area (Å²) in [4.78, 5) is 15.6. The number of carbonyl (C=O) groups excluding carboxylic acids is 1. The van der Waals surface area contributed by atoms with Crippen LogP contribution in [-0.4, -0.2) is 23.7 Å². The van der Waals surface area contributed by atoms with E-state index in [1.165, 1.54) is 12.1 Å². The molecule has 1 amide bonds. The summed E-state index contributed by atoms with van der Waals surface area (Å²) in [7, 11) is 0. The number of hydrogen-bond donors (Lipinski definition) is 1. The number of carbonyl (C=O) groups is 1. The Morgan fingerprint density at radius 1 is 1.26 bits per heavy atom. The Bertz CT molecular complexity index is 675. The summed E-state index contributed by atoms with van der Waals surface area (Å²) in [6.45, 7) is -1.16. The lowest BCUT2D eigenvalue weighted by Crippen LogP contribution is -2.23. The fraction of sp³-hybridized carbons (Fsp3) is 0.200. The second-order valence-electron chi connectivity index (χ2n) is 4.60. The molecule has 1 heterocycles. The van der Waals surface area contributed by atoms with Gasteiger partial charge in [-0.05, 0) is 23.8 Å². The molecule has 2 aromatic rings. The van der Waals surface area contributed by atoms with E-state index in [2.05, 4.69) is 15.0 Å². The van der Waals surface area contributed by atoms with Crippen molar-refractivity contribution in [3.05, 3.63) is 58.7 Å². The van der Waals surface area contributed by atoms with Crippen LogP contribution in [0.4, 0.5) is 13.2 Å². The SMILES string of the molecule is O=C(NCc1cccc(Cl)c1)c1ccc(OCC(F)(F)F)nc1. The maximum Gasteiger partial charge on any atom is 0.422 e. The van der Waals surface area contributed by atoms with E-state index >= 15 is 0 Å². The van der Waals surface area contributed by atoms with Gasteiger partial charge in [0.25, 0.3) is 5.91 Å². The standard InChI is InChI=1S/C15H12ClF3N2O2/c16-12-3-1-2-10(6-12)7-21-14(22)11-4-5-13(20-8-11)23-9-15(17,18)19/h1-6,8H,7,9H2,(H,21,22). The lowest BCUT2D eigenvalue weighted by Gasteiger charge is -2.09. The summed E-state index contributed by atoms with van der Waals surface area (Å²) in [6, 6.07) is 9.55. The average molecular weight is 345 g/mol. The minimum absolute atomic E-state index is 0.200. The Morgan fingerprint density at radius 3 is 2.65 bits per heavy atom. The quantitative estimate of drug-likeness (QED) is 0.901. The topological polar surface area (TPSA) is 51.2 Å². The molecule has 23 heavy (non-hydrogen) atoms. The van der Waals surface area contributed by atoms with Crippen LogP contribution in [-0.2, 0) is 6.54 Å². The van der Waals surface area contributed by atoms with Gasteiger partial charge in [-0.2, -0.15) is 13.2 Å². The number of benzene rings is 1. The van der Waals surface area contributed by atoms with E-state index < -0.39 is 18.7 Å². The van der Waals surface area contributed by atoms with E-state index in [-0.39, 0.29) is 18.0 Å². The molecule has 0 spiro atoms. The first-order valence-electron chi connectivity index (χ1n) is 6.52. The molecule has 4 nitrogen and oxygen atoms in total. The highest BCUT2D eigenvalue weighted by Crippen LogP contribution is 2.17. The first-order chi connectivity index (χ1) is 10.8. The predicted octanol–water partition coefficient (Wildman–Crippen LogP) is 3.61. The molecule has 0 aliphatic carbocycles. The smallest absolute Gasteiger partial charge is 0.422 e. The van der Waals surface area contributed by atoms with Crippen molar-refractivity contribution in [1.82, 2.24) is 10.3 Å². The van der Waals surface area contributed by atoms with Crippen molar-refractivity contribution in [3.8, 4) is 5.88 Å². The van der Waals surface area contributed by atoms with Gasteiger partial charge in [0, 0.05) is 23.8 Å². The third-order valence-electron chi connectivity index (χ3n) is 2.72. The highest BCUT2D eigenvalue weighted by Gasteiger charge is 2.28. The first-order valence-corrected chi connectivity index (χ1v) is 6.89. The molecule has 122 valence electrons. The fourth-order valence-electron chi connectivity index (χ4n) is 1.69. The van der Waals surface area contributed by atoms with Gasteiger partial charge in [0.15, 0.2) is 6.61 Å². The van der Waals surface area contributed by atoms with Gasteiger partial charge in [0.05, 0.1) is 5.56 Å². The third kappa shape index (κ3) is 5.78. The maximum absolute atomic E-state index is 12.0. The monoisotopic (exact) mass is 344 g/mol. The number of alkyl halides is 3. The lowest BCUT2D eigenvalue weighted by molar-refractivity contribution is -0.154. The number of nitrogens with zero attached hydrogens (tertiary/aromatic N) is 1. The summed E-state index contributed by atoms with van der Waals surface area (Å²) < 4.78 is 40.5. The minimum atomic E-state index is -4.44. The second kappa shape index (κ2) is 7.32. The average Bonchev–Trinajstić information content (AvgIpc) is 2.50. The van der Waals surface area contributed by atoms with E-state index in [4.69, 9.17) is 11.6 Å². The molecule has 0 atom stereocenters. The highest BCUT2D eigenvalue weighted by atomic mass is 35.5. The van der Waals surface area contributed by atoms with Gasteiger partial charge in [-0.1, -0.05) is 23.7 Å². The summed E-state index contributed by atoms with van der Waals surface area (Å²) in [6.07, 6.45) is -3.28. The van der Waals surface area contributed by atoms with Crippen LogP contribution < -0.4 is 10.1 Å². The van der Waals surface area contributed by atoms with Crippen molar-refractivity contribution in [2.24, 2.45) is 0 Å². The number of rotatable bonds is 5. The predicted molar refractivity (Wildman–Crippen MR) is 78.4 cm³/mol. The summed E-state index contributed by atoms with van der Waals surface area (Å²) in [5, 5.41) is 3.22. The van der Waals surface area contributed by atoms with Gasteiger partial charge in [-0.3, -0.25) is 4.79 Å². The Hall–Kier alpha value is -2.28. The van der Waals surface area contributed by atoms with Crippen LogP contribution in [0.2, 0.25) is 5.02 Å². The molecule has 1 N–H and O–H groups in total. The number of ether oxygens (including phenoxy) is 1. The van der Waals surface area contributed by atoms with Crippen LogP contribution in [0.1, 0.15) is 15.9 Å². The van der Waals surface area contributed by atoms with Crippen molar-refractivity contribution in [2.75, 3.05) is 6.61 Å². The van der Waals surface area contributed by atoms with Gasteiger partial charge >= 0.3 is 6.18 Å². The maximum atomic E-state index is 12.0. The van der Waals surface area contributed by atoms with E-state index in [1.807, 2.05) is 0 Å². The van der Waals surface area contributed by atoms with E-state index in [0.29, 0.717) is 5.02 Å². The van der Waals surface area contributed by atoms with Gasteiger partial charge in [0.1, 0.15) is 0 Å². The summed E-state index contributed by atoms with van der Waals surface area (Å²) in [5.41, 5.74) is 1.04. The molecule has 1 aromatic heterocycles. The van der Waals surface area contributed by atoms with E-state index in [9.17, 15) is 18.0 Å². The van der Waals surface area contributed by atoms with E-state index in [1.54, 1.807) is 24.3 Å².